The molecule has 0 saturated heterocycles. The number of nitro benzene ring substituents is 1. The van der Waals surface area contributed by atoms with Crippen LogP contribution < -0.4 is 5.11 Å². The van der Waals surface area contributed by atoms with Gasteiger partial charge >= 0.3 is 0 Å². The van der Waals surface area contributed by atoms with E-state index in [0.717, 1.165) is 0 Å². The van der Waals surface area contributed by atoms with E-state index < -0.39 is 4.92 Å². The van der Waals surface area contributed by atoms with Gasteiger partial charge in [-0.15, -0.1) is 5.76 Å². The van der Waals surface area contributed by atoms with Gasteiger partial charge < -0.3 is 5.11 Å². The highest BCUT2D eigenvalue weighted by atomic mass is 16.6. The van der Waals surface area contributed by atoms with Crippen molar-refractivity contribution >= 4 is 23.4 Å². The van der Waals surface area contributed by atoms with Gasteiger partial charge in [-0.25, -0.2) is 0 Å². The van der Waals surface area contributed by atoms with E-state index in [9.17, 15) is 20.0 Å². The Kier molecular flexibility index (Phi) is 3.88. The van der Waals surface area contributed by atoms with Crippen LogP contribution in [-0.2, 0) is 4.79 Å². The Balaban J connectivity index is 2.21. The molecule has 6 heteroatoms. The number of Topliss-reactive ketones (excluding diaryl/α,β-unsaturated/α-hetero) is 1. The minimum atomic E-state index is -0.501. The topological polar surface area (TPSA) is 95.6 Å². The molecule has 0 fully saturated rings. The van der Waals surface area contributed by atoms with Gasteiger partial charge in [-0.1, -0.05) is 13.8 Å². The molecule has 0 amide bonds. The second-order valence-electron chi connectivity index (χ2n) is 5.81. The molecule has 0 radical (unpaired) electrons. The summed E-state index contributed by atoms with van der Waals surface area (Å²) in [7, 11) is 0. The lowest BCUT2D eigenvalue weighted by Gasteiger charge is -2.33. The van der Waals surface area contributed by atoms with E-state index in [-0.39, 0.29) is 28.2 Å². The van der Waals surface area contributed by atoms with Crippen molar-refractivity contribution in [3.63, 3.8) is 0 Å². The summed E-state index contributed by atoms with van der Waals surface area (Å²) < 4.78 is 0. The van der Waals surface area contributed by atoms with Gasteiger partial charge in [-0.3, -0.25) is 19.9 Å². The van der Waals surface area contributed by atoms with Crippen LogP contribution in [0.3, 0.4) is 0 Å². The van der Waals surface area contributed by atoms with Crippen molar-refractivity contribution in [3.05, 3.63) is 45.7 Å². The zero-order valence-corrected chi connectivity index (χ0v) is 11.8. The number of rotatable bonds is 3. The molecule has 0 heterocycles. The van der Waals surface area contributed by atoms with Crippen LogP contribution in [0.4, 0.5) is 11.4 Å². The molecular weight excluding hydrogens is 272 g/mol. The van der Waals surface area contributed by atoms with Crippen LogP contribution in [0.25, 0.3) is 0 Å². The Hall–Kier alpha value is -2.50. The molecule has 6 nitrogen and oxygen atoms in total. The summed E-state index contributed by atoms with van der Waals surface area (Å²) in [6.45, 7) is 3.76. The van der Waals surface area contributed by atoms with Crippen molar-refractivity contribution in [1.82, 2.24) is 0 Å². The number of ketones is 1. The van der Waals surface area contributed by atoms with Crippen molar-refractivity contribution in [2.24, 2.45) is 10.4 Å². The van der Waals surface area contributed by atoms with Crippen LogP contribution >= 0.6 is 0 Å². The van der Waals surface area contributed by atoms with E-state index in [2.05, 4.69) is 4.99 Å². The molecule has 0 aromatic heterocycles. The number of aliphatic imine (C=N–C) groups is 1. The standard InChI is InChI=1S/C15H16N2O4/c1-15(2)7-13(18)12(14(19)8-15)9-16-10-3-5-11(6-4-10)17(20)21/h3-6,9,18H,7-8H2,1-2H3/p-1. The molecule has 21 heavy (non-hydrogen) atoms. The van der Waals surface area contributed by atoms with Gasteiger partial charge in [0.1, 0.15) is 0 Å². The fourth-order valence-electron chi connectivity index (χ4n) is 2.22. The van der Waals surface area contributed by atoms with Crippen molar-refractivity contribution in [2.45, 2.75) is 26.7 Å². The summed E-state index contributed by atoms with van der Waals surface area (Å²) in [6.07, 6.45) is 1.90. The van der Waals surface area contributed by atoms with Gasteiger partial charge in [0.2, 0.25) is 0 Å². The third-order valence-electron chi connectivity index (χ3n) is 3.28. The van der Waals surface area contributed by atoms with Crippen LogP contribution in [0.2, 0.25) is 0 Å². The fraction of sp³-hybridized carbons (Fsp3) is 0.333. The molecule has 2 rings (SSSR count). The van der Waals surface area contributed by atoms with E-state index >= 15 is 0 Å². The number of non-ortho nitro benzene ring substituents is 1. The monoisotopic (exact) mass is 287 g/mol. The van der Waals surface area contributed by atoms with E-state index in [4.69, 9.17) is 0 Å². The number of benzene rings is 1. The normalized spacial score (nSPS) is 18.3. The van der Waals surface area contributed by atoms with Crippen LogP contribution in [0.1, 0.15) is 26.7 Å². The number of allylic oxidation sites excluding steroid dienone is 2. The van der Waals surface area contributed by atoms with Gasteiger partial charge in [0.15, 0.2) is 5.78 Å². The third kappa shape index (κ3) is 3.53. The van der Waals surface area contributed by atoms with E-state index in [0.29, 0.717) is 18.5 Å². The number of hydrogen-bond donors (Lipinski definition) is 0. The van der Waals surface area contributed by atoms with Crippen LogP contribution in [0.5, 0.6) is 0 Å². The smallest absolute Gasteiger partial charge is 0.269 e. The van der Waals surface area contributed by atoms with E-state index in [1.54, 1.807) is 0 Å². The quantitative estimate of drug-likeness (QED) is 0.484. The lowest BCUT2D eigenvalue weighted by Crippen LogP contribution is -2.30. The molecule has 0 saturated carbocycles. The van der Waals surface area contributed by atoms with E-state index in [1.165, 1.54) is 30.5 Å². The number of nitrogens with zero attached hydrogens (tertiary/aromatic N) is 2. The predicted molar refractivity (Wildman–Crippen MR) is 76.3 cm³/mol. The first-order chi connectivity index (χ1) is 9.78. The molecule has 110 valence electrons. The second kappa shape index (κ2) is 5.47. The number of carbonyl (C=O) groups is 1. The summed E-state index contributed by atoms with van der Waals surface area (Å²) >= 11 is 0. The second-order valence-corrected chi connectivity index (χ2v) is 5.81. The highest BCUT2D eigenvalue weighted by Gasteiger charge is 2.28. The largest absolute Gasteiger partial charge is 0.875 e. The SMILES string of the molecule is CC1(C)CC(=O)C(C=Nc2ccc([N+](=O)[O-])cc2)=C([O-])C1. The minimum Gasteiger partial charge on any atom is -0.875 e. The summed E-state index contributed by atoms with van der Waals surface area (Å²) in [5.74, 6) is -0.413. The molecule has 0 bridgehead atoms. The Morgan fingerprint density at radius 2 is 1.86 bits per heavy atom. The van der Waals surface area contributed by atoms with Gasteiger partial charge in [0, 0.05) is 30.3 Å². The summed E-state index contributed by atoms with van der Waals surface area (Å²) in [5, 5.41) is 22.5. The molecular formula is C15H15N2O4-. The van der Waals surface area contributed by atoms with Crippen molar-refractivity contribution in [3.8, 4) is 0 Å². The first-order valence-corrected chi connectivity index (χ1v) is 6.50. The molecule has 0 N–H and O–H groups in total. The van der Waals surface area contributed by atoms with Crippen LogP contribution in [0.15, 0.2) is 40.6 Å². The Morgan fingerprint density at radius 3 is 2.38 bits per heavy atom. The highest BCUT2D eigenvalue weighted by Crippen LogP contribution is 2.34. The minimum absolute atomic E-state index is 0.0341. The maximum atomic E-state index is 11.9. The summed E-state index contributed by atoms with van der Waals surface area (Å²) in [5.41, 5.74) is 0.221. The van der Waals surface area contributed by atoms with Gasteiger partial charge in [-0.2, -0.15) is 0 Å². The molecule has 0 atom stereocenters. The molecule has 1 aliphatic rings. The Bertz CT molecular complexity index is 642. The summed E-state index contributed by atoms with van der Waals surface area (Å²) in [4.78, 5) is 26.0. The molecule has 1 aromatic rings. The zero-order valence-electron chi connectivity index (χ0n) is 11.8. The first kappa shape index (κ1) is 14.9. The fourth-order valence-corrected chi connectivity index (χ4v) is 2.22. The number of carbonyl (C=O) groups excluding carboxylic acids is 1. The highest BCUT2D eigenvalue weighted by molar-refractivity contribution is 6.14. The first-order valence-electron chi connectivity index (χ1n) is 6.50. The lowest BCUT2D eigenvalue weighted by molar-refractivity contribution is -0.384. The maximum Gasteiger partial charge on any atom is 0.269 e. The predicted octanol–water partition coefficient (Wildman–Crippen LogP) is 2.30. The average molecular weight is 287 g/mol. The van der Waals surface area contributed by atoms with Gasteiger partial charge in [0.05, 0.1) is 10.6 Å². The summed E-state index contributed by atoms with van der Waals surface area (Å²) in [6, 6.07) is 5.59. The van der Waals surface area contributed by atoms with Gasteiger partial charge in [-0.05, 0) is 24.0 Å². The zero-order chi connectivity index (χ0) is 15.6. The molecule has 0 unspecified atom stereocenters. The molecule has 1 aliphatic carbocycles. The van der Waals surface area contributed by atoms with Gasteiger partial charge in [0.25, 0.3) is 5.69 Å². The molecule has 0 spiro atoms. The van der Waals surface area contributed by atoms with Crippen molar-refractivity contribution < 1.29 is 14.8 Å². The average Bonchev–Trinajstić information content (AvgIpc) is 2.36. The Morgan fingerprint density at radius 1 is 1.24 bits per heavy atom. The van der Waals surface area contributed by atoms with Crippen molar-refractivity contribution in [2.75, 3.05) is 0 Å². The van der Waals surface area contributed by atoms with Crippen LogP contribution in [-0.4, -0.2) is 16.9 Å². The maximum absolute atomic E-state index is 11.9. The lowest BCUT2D eigenvalue weighted by atomic mass is 9.77. The van der Waals surface area contributed by atoms with Crippen LogP contribution in [0, 0.1) is 15.5 Å². The third-order valence-corrected chi connectivity index (χ3v) is 3.28. The number of hydrogen-bond acceptors (Lipinski definition) is 5. The molecule has 0 aliphatic heterocycles. The number of nitro groups is 1. The van der Waals surface area contributed by atoms with Crippen molar-refractivity contribution in [1.29, 1.82) is 0 Å². The molecule has 1 aromatic carbocycles. The van der Waals surface area contributed by atoms with E-state index in [1.807, 2.05) is 13.8 Å². The Labute approximate surface area is 122 Å².